The van der Waals surface area contributed by atoms with Crippen molar-refractivity contribution in [2.45, 2.75) is 330 Å². The average Bonchev–Trinajstić information content (AvgIpc) is 0.729. The lowest BCUT2D eigenvalue weighted by Crippen LogP contribution is -2.72. The zero-order chi connectivity index (χ0) is 85.9. The Balaban J connectivity index is 0.983. The number of rotatable bonds is 30. The summed E-state index contributed by atoms with van der Waals surface area (Å²) < 4.78 is 101. The SMILES string of the molecule is CC(=O)N[C@@H]1[C@@H](O[C@@H]2O[C@@H](C)[C@@H](O)[C@@H](O)[C@@H]2O)[C@H](O[C@@H]2O[C@H](CO)[C@H](O)[C@H](O[C@@H]3O[C@H](CO)[C@@H](O[C@@H]4O[C@H](CO)[C@H](O)[C@H](O[C@@H]5O[C@H](CO)[C@@H](O[C@@H]6O[C@H](CO[C@]7(C(=O)O)C[C@H](O)[C@@H](NC(C)=O)[C@H]([C@H](O)[C@H](O)CO)O7)[C@H](O)[C@H](O)[C@H]6O)[C@H](O)[C@H]5NC(C)=O)[C@H]4O)[C@H](O[C@@H]4O[C@@H](C)[C@@H](O)[C@@H](O)[C@@H]4O)[C@H]3NC(C)=O)[C@H]2O)[C@@H](CO)O[C@H]1O. The van der Waals surface area contributed by atoms with Gasteiger partial charge in [0.15, 0.2) is 50.3 Å². The second-order valence-electron chi connectivity index (χ2n) is 29.6. The van der Waals surface area contributed by atoms with Gasteiger partial charge in [-0.2, -0.15) is 0 Å². The summed E-state index contributed by atoms with van der Waals surface area (Å²) in [5.41, 5.74) is 0. The number of carbonyl (C=O) groups excluding carboxylic acids is 4. The molecule has 9 aliphatic rings. The van der Waals surface area contributed by atoms with Crippen LogP contribution >= 0.6 is 0 Å². The topological polar surface area (TPSA) is 796 Å². The van der Waals surface area contributed by atoms with E-state index in [1.807, 2.05) is 0 Å². The Morgan fingerprint density at radius 3 is 1.15 bits per heavy atom. The standard InChI is InChI=1S/C65H108N4O47/c1-15-33(82)40(89)43(92)59(101-15)112-52-31(68-19(5)78)56(97)103-26(12-74)49(52)110-62-47(96)55(38(87)24(10-72)104-62)115-58-32(69-20(6)79)53(113-60-44(93)41(90)34(83)16(2)102-60)50(27(13-75)107-58)111-63-46(95)54(37(86)23(9-71)105-63)114-57-30(67-18(4)77)39(88)48(25(11-73)106-57)109-61-45(94)42(91)36(85)28(108-61)14-100-65(64(98)99)7-21(80)29(66-17(3)76)51(116-65)35(84)22(81)8-70/h15-16,21-63,70-75,80-97H,7-14H2,1-6H3,(H,66,76)(H,67,77)(H,68,78)(H,69,79)(H,98,99)/t15-,16-,21-,22+,23+,24+,25+,26+,27+,28+,29+,30+,31+,32+,33+,34+,35+,36-,37-,38-,39+,40+,41+,42-,43-,44-,45+,46+,47+,48+,49+,50+,51+,52+,53+,54-,55-,56+,57-,58-,59-,60-,61-,62-,63-,65+/m0/s1. The van der Waals surface area contributed by atoms with Crippen molar-refractivity contribution >= 4 is 29.6 Å². The van der Waals surface area contributed by atoms with Crippen molar-refractivity contribution < 1.29 is 232 Å². The van der Waals surface area contributed by atoms with E-state index >= 15 is 0 Å². The van der Waals surface area contributed by atoms with E-state index in [1.165, 1.54) is 13.8 Å². The number of hydrogen-bond donors (Lipinski definition) is 29. The van der Waals surface area contributed by atoms with Gasteiger partial charge in [-0.3, -0.25) is 19.2 Å². The van der Waals surface area contributed by atoms with Crippen molar-refractivity contribution in [2.75, 3.05) is 46.2 Å². The number of carboxylic acid groups (broad SMARTS) is 1. The Hall–Kier alpha value is -4.29. The zero-order valence-corrected chi connectivity index (χ0v) is 62.8. The Labute approximate surface area is 657 Å². The van der Waals surface area contributed by atoms with Crippen molar-refractivity contribution in [1.82, 2.24) is 21.3 Å². The number of carboxylic acids is 1. The number of aliphatic hydroxyl groups excluding tert-OH is 24. The minimum Gasteiger partial charge on any atom is -0.477 e. The third-order valence-electron chi connectivity index (χ3n) is 21.3. The van der Waals surface area contributed by atoms with Gasteiger partial charge in [0.05, 0.1) is 70.6 Å². The summed E-state index contributed by atoms with van der Waals surface area (Å²) in [4.78, 5) is 64.3. The van der Waals surface area contributed by atoms with Crippen molar-refractivity contribution in [3.05, 3.63) is 0 Å². The van der Waals surface area contributed by atoms with E-state index < -0.39 is 364 Å². The molecule has 9 saturated heterocycles. The number of carbonyl (C=O) groups is 5. The highest BCUT2D eigenvalue weighted by atomic mass is 16.8. The van der Waals surface area contributed by atoms with Gasteiger partial charge in [0.1, 0.15) is 201 Å². The van der Waals surface area contributed by atoms with Crippen LogP contribution in [0.25, 0.3) is 0 Å². The molecule has 29 N–H and O–H groups in total. The van der Waals surface area contributed by atoms with Crippen LogP contribution in [0.3, 0.4) is 0 Å². The highest BCUT2D eigenvalue weighted by Crippen LogP contribution is 2.42. The summed E-state index contributed by atoms with van der Waals surface area (Å²) in [7, 11) is 0. The fourth-order valence-corrected chi connectivity index (χ4v) is 15.1. The number of amides is 4. The molecule has 0 aromatic rings. The van der Waals surface area contributed by atoms with Crippen LogP contribution in [0.15, 0.2) is 0 Å². The molecule has 51 nitrogen and oxygen atoms in total. The molecule has 9 aliphatic heterocycles. The molecular formula is C65H108N4O47. The molecular weight excluding hydrogens is 1590 g/mol. The molecule has 46 atom stereocenters. The molecule has 670 valence electrons. The van der Waals surface area contributed by atoms with E-state index in [0.29, 0.717) is 0 Å². The van der Waals surface area contributed by atoms with Crippen LogP contribution in [0.4, 0.5) is 0 Å². The van der Waals surface area contributed by atoms with Gasteiger partial charge < -0.3 is 229 Å². The summed E-state index contributed by atoms with van der Waals surface area (Å²) in [6.07, 6.45) is -86.1. The predicted octanol–water partition coefficient (Wildman–Crippen LogP) is -18.8. The highest BCUT2D eigenvalue weighted by Gasteiger charge is 2.63. The second kappa shape index (κ2) is 40.8. The maximum Gasteiger partial charge on any atom is 0.364 e. The van der Waals surface area contributed by atoms with Crippen molar-refractivity contribution in [3.63, 3.8) is 0 Å². The molecule has 0 aliphatic carbocycles. The fourth-order valence-electron chi connectivity index (χ4n) is 15.1. The Morgan fingerprint density at radius 2 is 0.707 bits per heavy atom. The van der Waals surface area contributed by atoms with Gasteiger partial charge in [-0.05, 0) is 13.8 Å². The molecule has 0 aromatic carbocycles. The highest BCUT2D eigenvalue weighted by molar-refractivity contribution is 5.77. The Kier molecular flexibility index (Phi) is 33.6. The first-order valence-electron chi connectivity index (χ1n) is 37.0. The van der Waals surface area contributed by atoms with Crippen LogP contribution in [0.5, 0.6) is 0 Å². The van der Waals surface area contributed by atoms with Gasteiger partial charge >= 0.3 is 5.97 Å². The van der Waals surface area contributed by atoms with Gasteiger partial charge in [-0.1, -0.05) is 0 Å². The molecule has 0 radical (unpaired) electrons. The molecule has 0 bridgehead atoms. The molecule has 51 heteroatoms. The summed E-state index contributed by atoms with van der Waals surface area (Å²) in [5.74, 6) is -8.77. The van der Waals surface area contributed by atoms with Crippen LogP contribution in [0.2, 0.25) is 0 Å². The van der Waals surface area contributed by atoms with E-state index in [4.69, 9.17) is 80.5 Å². The van der Waals surface area contributed by atoms with Crippen molar-refractivity contribution in [1.29, 1.82) is 0 Å². The van der Waals surface area contributed by atoms with Crippen molar-refractivity contribution in [2.24, 2.45) is 0 Å². The summed E-state index contributed by atoms with van der Waals surface area (Å²) in [6, 6.07) is -7.47. The lowest BCUT2D eigenvalue weighted by Gasteiger charge is -2.52. The smallest absolute Gasteiger partial charge is 0.364 e. The summed E-state index contributed by atoms with van der Waals surface area (Å²) in [5, 5.41) is 287. The first-order valence-corrected chi connectivity index (χ1v) is 37.0. The van der Waals surface area contributed by atoms with Crippen LogP contribution < -0.4 is 21.3 Å². The maximum absolute atomic E-state index is 13.5. The van der Waals surface area contributed by atoms with Gasteiger partial charge in [-0.25, -0.2) is 4.79 Å². The first kappa shape index (κ1) is 95.5. The Bertz CT molecular complexity index is 3170. The van der Waals surface area contributed by atoms with E-state index in [-0.39, 0.29) is 0 Å². The number of aliphatic hydroxyl groups is 24. The average molecular weight is 1700 g/mol. The molecule has 9 fully saturated rings. The quantitative estimate of drug-likeness (QED) is 0.0318. The van der Waals surface area contributed by atoms with Gasteiger partial charge in [0, 0.05) is 34.1 Å². The third-order valence-corrected chi connectivity index (χ3v) is 21.3. The third kappa shape index (κ3) is 20.8. The van der Waals surface area contributed by atoms with E-state index in [1.54, 1.807) is 0 Å². The minimum atomic E-state index is -3.06. The Morgan fingerprint density at radius 1 is 0.362 bits per heavy atom. The molecule has 4 amide bonds. The molecule has 0 saturated carbocycles. The number of hydrogen-bond acceptors (Lipinski definition) is 46. The molecule has 9 rings (SSSR count). The van der Waals surface area contributed by atoms with Crippen LogP contribution in [0, 0.1) is 0 Å². The summed E-state index contributed by atoms with van der Waals surface area (Å²) in [6.45, 7) is -1.96. The molecule has 0 unspecified atom stereocenters. The molecule has 9 heterocycles. The monoisotopic (exact) mass is 1700 g/mol. The summed E-state index contributed by atoms with van der Waals surface area (Å²) >= 11 is 0. The van der Waals surface area contributed by atoms with Crippen molar-refractivity contribution in [3.8, 4) is 0 Å². The largest absolute Gasteiger partial charge is 0.477 e. The molecule has 116 heavy (non-hydrogen) atoms. The fraction of sp³-hybridized carbons (Fsp3) is 0.923. The minimum absolute atomic E-state index is 0.828. The van der Waals surface area contributed by atoms with E-state index in [9.17, 15) is 152 Å². The van der Waals surface area contributed by atoms with Crippen LogP contribution in [-0.4, -0.2) is 485 Å². The number of nitrogens with one attached hydrogen (secondary N) is 4. The van der Waals surface area contributed by atoms with Crippen LogP contribution in [-0.2, 0) is 104 Å². The van der Waals surface area contributed by atoms with Crippen LogP contribution in [0.1, 0.15) is 48.0 Å². The normalized spacial score (nSPS) is 48.2. The van der Waals surface area contributed by atoms with E-state index in [2.05, 4.69) is 21.3 Å². The molecule has 0 spiro atoms. The lowest BCUT2D eigenvalue weighted by molar-refractivity contribution is -0.398. The zero-order valence-electron chi connectivity index (χ0n) is 62.8. The first-order chi connectivity index (χ1) is 54.6. The maximum atomic E-state index is 13.5. The number of aliphatic carboxylic acids is 1. The van der Waals surface area contributed by atoms with E-state index in [0.717, 1.165) is 27.7 Å². The number of ether oxygens (including phenoxy) is 17. The van der Waals surface area contributed by atoms with Gasteiger partial charge in [0.2, 0.25) is 23.6 Å². The van der Waals surface area contributed by atoms with Gasteiger partial charge in [0.25, 0.3) is 5.79 Å². The van der Waals surface area contributed by atoms with Gasteiger partial charge in [-0.15, -0.1) is 0 Å². The predicted molar refractivity (Wildman–Crippen MR) is 358 cm³/mol. The molecule has 0 aromatic heterocycles. The second-order valence-corrected chi connectivity index (χ2v) is 29.6. The lowest BCUT2D eigenvalue weighted by atomic mass is 9.88.